The smallest absolute Gasteiger partial charge is 0.0695 e. The Morgan fingerprint density at radius 2 is 1.96 bits per heavy atom. The number of aromatic amines is 1. The van der Waals surface area contributed by atoms with Gasteiger partial charge in [-0.1, -0.05) is 39.3 Å². The van der Waals surface area contributed by atoms with Gasteiger partial charge in [0.1, 0.15) is 0 Å². The maximum Gasteiger partial charge on any atom is 0.0695 e. The van der Waals surface area contributed by atoms with Crippen LogP contribution >= 0.6 is 0 Å². The molecule has 0 amide bonds. The van der Waals surface area contributed by atoms with Gasteiger partial charge in [-0.3, -0.25) is 5.10 Å². The lowest BCUT2D eigenvalue weighted by atomic mass is 10.1. The van der Waals surface area contributed by atoms with Crippen molar-refractivity contribution >= 4 is 5.69 Å². The van der Waals surface area contributed by atoms with Gasteiger partial charge in [0.15, 0.2) is 0 Å². The van der Waals surface area contributed by atoms with Crippen LogP contribution in [0.4, 0.5) is 5.69 Å². The van der Waals surface area contributed by atoms with Crippen LogP contribution in [0.5, 0.6) is 0 Å². The van der Waals surface area contributed by atoms with Gasteiger partial charge in [-0.2, -0.15) is 5.10 Å². The van der Waals surface area contributed by atoms with E-state index in [4.69, 9.17) is 0 Å². The van der Waals surface area contributed by atoms with E-state index in [1.807, 2.05) is 6.20 Å². The summed E-state index contributed by atoms with van der Waals surface area (Å²) in [6, 6.07) is 8.60. The van der Waals surface area contributed by atoms with E-state index in [0.29, 0.717) is 5.92 Å². The van der Waals surface area contributed by atoms with Gasteiger partial charge in [0.25, 0.3) is 0 Å². The second kappa shape index (κ2) is 8.73. The molecule has 126 valence electrons. The standard InChI is InChI=1S/C19H30N4/c1-5-6-11-23(4)14-17-13-21-22-19(17)16-7-9-18(10-8-16)20-12-15(2)3/h7-10,13,15,20H,5-6,11-12,14H2,1-4H3,(H,21,22). The van der Waals surface area contributed by atoms with E-state index in [2.05, 4.69) is 72.5 Å². The van der Waals surface area contributed by atoms with Gasteiger partial charge in [0.05, 0.1) is 11.9 Å². The van der Waals surface area contributed by atoms with Gasteiger partial charge in [-0.25, -0.2) is 0 Å². The normalized spacial score (nSPS) is 11.4. The van der Waals surface area contributed by atoms with Gasteiger partial charge in [-0.05, 0) is 38.1 Å². The number of aromatic nitrogens is 2. The Bertz CT molecular complexity index is 571. The average molecular weight is 314 g/mol. The first kappa shape index (κ1) is 17.5. The highest BCUT2D eigenvalue weighted by molar-refractivity contribution is 5.65. The largest absolute Gasteiger partial charge is 0.385 e. The van der Waals surface area contributed by atoms with Crippen molar-refractivity contribution in [3.05, 3.63) is 36.0 Å². The Kier molecular flexibility index (Phi) is 6.66. The monoisotopic (exact) mass is 314 g/mol. The summed E-state index contributed by atoms with van der Waals surface area (Å²) in [6.45, 7) is 9.71. The summed E-state index contributed by atoms with van der Waals surface area (Å²) >= 11 is 0. The molecule has 1 heterocycles. The zero-order valence-corrected chi connectivity index (χ0v) is 14.9. The van der Waals surface area contributed by atoms with Crippen molar-refractivity contribution in [1.82, 2.24) is 15.1 Å². The minimum atomic E-state index is 0.646. The van der Waals surface area contributed by atoms with Crippen molar-refractivity contribution in [3.8, 4) is 11.3 Å². The highest BCUT2D eigenvalue weighted by Gasteiger charge is 2.10. The van der Waals surface area contributed by atoms with Crippen molar-refractivity contribution in [2.75, 3.05) is 25.5 Å². The molecule has 0 aliphatic heterocycles. The van der Waals surface area contributed by atoms with Crippen LogP contribution in [0.15, 0.2) is 30.5 Å². The summed E-state index contributed by atoms with van der Waals surface area (Å²) in [5.41, 5.74) is 4.75. The first-order chi connectivity index (χ1) is 11.1. The number of H-pyrrole nitrogens is 1. The van der Waals surface area contributed by atoms with E-state index >= 15 is 0 Å². The summed E-state index contributed by atoms with van der Waals surface area (Å²) in [5.74, 6) is 0.646. The van der Waals surface area contributed by atoms with Crippen LogP contribution in [0.25, 0.3) is 11.3 Å². The molecule has 0 fully saturated rings. The molecule has 1 aromatic heterocycles. The van der Waals surface area contributed by atoms with E-state index in [-0.39, 0.29) is 0 Å². The Morgan fingerprint density at radius 1 is 1.22 bits per heavy atom. The van der Waals surface area contributed by atoms with Crippen LogP contribution in [-0.4, -0.2) is 35.2 Å². The zero-order chi connectivity index (χ0) is 16.7. The van der Waals surface area contributed by atoms with Gasteiger partial charge < -0.3 is 10.2 Å². The first-order valence-electron chi connectivity index (χ1n) is 8.65. The van der Waals surface area contributed by atoms with Crippen LogP contribution in [-0.2, 0) is 6.54 Å². The number of hydrogen-bond donors (Lipinski definition) is 2. The SMILES string of the molecule is CCCCN(C)Cc1cn[nH]c1-c1ccc(NCC(C)C)cc1. The van der Waals surface area contributed by atoms with E-state index in [1.54, 1.807) is 0 Å². The second-order valence-corrected chi connectivity index (χ2v) is 6.71. The second-order valence-electron chi connectivity index (χ2n) is 6.71. The molecule has 2 aromatic rings. The van der Waals surface area contributed by atoms with Gasteiger partial charge >= 0.3 is 0 Å². The first-order valence-corrected chi connectivity index (χ1v) is 8.65. The Balaban J connectivity index is 2.03. The van der Waals surface area contributed by atoms with Crippen molar-refractivity contribution in [2.45, 2.75) is 40.2 Å². The van der Waals surface area contributed by atoms with Crippen LogP contribution < -0.4 is 5.32 Å². The number of nitrogens with one attached hydrogen (secondary N) is 2. The molecule has 0 saturated heterocycles. The number of unbranched alkanes of at least 4 members (excludes halogenated alkanes) is 1. The van der Waals surface area contributed by atoms with Crippen LogP contribution in [0.1, 0.15) is 39.2 Å². The molecule has 23 heavy (non-hydrogen) atoms. The summed E-state index contributed by atoms with van der Waals surface area (Å²) < 4.78 is 0. The Labute approximate surface area is 140 Å². The average Bonchev–Trinajstić information content (AvgIpc) is 2.99. The highest BCUT2D eigenvalue weighted by Crippen LogP contribution is 2.24. The molecule has 0 spiro atoms. The fourth-order valence-electron chi connectivity index (χ4n) is 2.56. The van der Waals surface area contributed by atoms with Crippen molar-refractivity contribution in [1.29, 1.82) is 0 Å². The summed E-state index contributed by atoms with van der Waals surface area (Å²) in [4.78, 5) is 2.36. The van der Waals surface area contributed by atoms with E-state index in [9.17, 15) is 0 Å². The minimum Gasteiger partial charge on any atom is -0.385 e. The molecule has 1 aromatic carbocycles. The molecule has 4 nitrogen and oxygen atoms in total. The van der Waals surface area contributed by atoms with Crippen molar-refractivity contribution in [3.63, 3.8) is 0 Å². The molecule has 2 rings (SSSR count). The van der Waals surface area contributed by atoms with Gasteiger partial charge in [-0.15, -0.1) is 0 Å². The zero-order valence-electron chi connectivity index (χ0n) is 14.9. The molecule has 0 bridgehead atoms. The number of hydrogen-bond acceptors (Lipinski definition) is 3. The molecule has 0 unspecified atom stereocenters. The topological polar surface area (TPSA) is 44.0 Å². The predicted octanol–water partition coefficient (Wildman–Crippen LogP) is 4.38. The molecule has 4 heteroatoms. The van der Waals surface area contributed by atoms with Gasteiger partial charge in [0.2, 0.25) is 0 Å². The Morgan fingerprint density at radius 3 is 2.61 bits per heavy atom. The summed E-state index contributed by atoms with van der Waals surface area (Å²) in [6.07, 6.45) is 4.41. The Hall–Kier alpha value is -1.81. The van der Waals surface area contributed by atoms with E-state index in [1.165, 1.54) is 29.7 Å². The third kappa shape index (κ3) is 5.39. The lowest BCUT2D eigenvalue weighted by molar-refractivity contribution is 0.321. The van der Waals surface area contributed by atoms with Crippen molar-refractivity contribution < 1.29 is 0 Å². The minimum absolute atomic E-state index is 0.646. The number of anilines is 1. The van der Waals surface area contributed by atoms with Gasteiger partial charge in [0, 0.05) is 29.9 Å². The third-order valence-electron chi connectivity index (χ3n) is 3.94. The lowest BCUT2D eigenvalue weighted by Crippen LogP contribution is -2.19. The van der Waals surface area contributed by atoms with Crippen LogP contribution in [0.2, 0.25) is 0 Å². The number of benzene rings is 1. The van der Waals surface area contributed by atoms with E-state index < -0.39 is 0 Å². The molecule has 0 aliphatic carbocycles. The number of rotatable bonds is 9. The summed E-state index contributed by atoms with van der Waals surface area (Å²) in [7, 11) is 2.17. The molecule has 2 N–H and O–H groups in total. The molecule has 0 saturated carbocycles. The van der Waals surface area contributed by atoms with Crippen LogP contribution in [0, 0.1) is 5.92 Å². The quantitative estimate of drug-likeness (QED) is 0.722. The molecular weight excluding hydrogens is 284 g/mol. The predicted molar refractivity (Wildman–Crippen MR) is 98.6 cm³/mol. The molecular formula is C19H30N4. The lowest BCUT2D eigenvalue weighted by Gasteiger charge is -2.16. The number of nitrogens with zero attached hydrogens (tertiary/aromatic N) is 2. The van der Waals surface area contributed by atoms with E-state index in [0.717, 1.165) is 25.3 Å². The molecule has 0 aliphatic rings. The molecule has 0 atom stereocenters. The maximum absolute atomic E-state index is 4.25. The summed E-state index contributed by atoms with van der Waals surface area (Å²) in [5, 5.41) is 10.9. The van der Waals surface area contributed by atoms with Crippen molar-refractivity contribution in [2.24, 2.45) is 5.92 Å². The third-order valence-corrected chi connectivity index (χ3v) is 3.94. The maximum atomic E-state index is 4.25. The fourth-order valence-corrected chi connectivity index (χ4v) is 2.56. The van der Waals surface area contributed by atoms with Crippen LogP contribution in [0.3, 0.4) is 0 Å². The highest BCUT2D eigenvalue weighted by atomic mass is 15.1. The molecule has 0 radical (unpaired) electrons. The fraction of sp³-hybridized carbons (Fsp3) is 0.526.